The molecule has 0 aliphatic carbocycles. The number of unbranched alkanes of at least 4 members (excludes halogenated alkanes) is 3. The Morgan fingerprint density at radius 1 is 0.512 bits per heavy atom. The molecule has 13 heteroatoms. The molecule has 0 atom stereocenters. The molecular formula is C28H53NO12. The van der Waals surface area contributed by atoms with Crippen molar-refractivity contribution in [3.8, 4) is 0 Å². The Hall–Kier alpha value is -1.87. The van der Waals surface area contributed by atoms with Crippen LogP contribution in [0.2, 0.25) is 0 Å². The first-order valence-electron chi connectivity index (χ1n) is 14.7. The fraction of sp³-hybridized carbons (Fsp3) is 0.893. The number of carbonyl (C=O) groups excluding carboxylic acids is 2. The Morgan fingerprint density at radius 3 is 1.39 bits per heavy atom. The summed E-state index contributed by atoms with van der Waals surface area (Å²) in [4.78, 5) is 33.2. The van der Waals surface area contributed by atoms with Gasteiger partial charge in [0.05, 0.1) is 92.3 Å². The van der Waals surface area contributed by atoms with Gasteiger partial charge in [0.1, 0.15) is 6.61 Å². The van der Waals surface area contributed by atoms with Crippen molar-refractivity contribution >= 4 is 17.8 Å². The van der Waals surface area contributed by atoms with Crippen LogP contribution >= 0.6 is 0 Å². The lowest BCUT2D eigenvalue weighted by molar-refractivity contribution is -0.145. The van der Waals surface area contributed by atoms with Gasteiger partial charge in [0.15, 0.2) is 0 Å². The number of aliphatic carboxylic acids is 1. The van der Waals surface area contributed by atoms with E-state index in [2.05, 4.69) is 12.2 Å². The molecule has 1 amide bonds. The molecule has 2 N–H and O–H groups in total. The van der Waals surface area contributed by atoms with Gasteiger partial charge in [-0.15, -0.1) is 0 Å². The lowest BCUT2D eigenvalue weighted by Crippen LogP contribution is -2.25. The second-order valence-corrected chi connectivity index (χ2v) is 8.91. The third-order valence-corrected chi connectivity index (χ3v) is 5.31. The van der Waals surface area contributed by atoms with Gasteiger partial charge >= 0.3 is 11.9 Å². The fourth-order valence-electron chi connectivity index (χ4n) is 3.12. The highest BCUT2D eigenvalue weighted by atomic mass is 16.6. The summed E-state index contributed by atoms with van der Waals surface area (Å²) in [6, 6.07) is 0. The third kappa shape index (κ3) is 34.2. The van der Waals surface area contributed by atoms with Crippen molar-refractivity contribution in [2.24, 2.45) is 0 Å². The van der Waals surface area contributed by atoms with E-state index in [1.54, 1.807) is 0 Å². The number of carboxylic acid groups (broad SMARTS) is 1. The van der Waals surface area contributed by atoms with Crippen LogP contribution in [0, 0.1) is 0 Å². The van der Waals surface area contributed by atoms with Gasteiger partial charge in [-0.05, 0) is 12.8 Å². The smallest absolute Gasteiger partial charge is 0.305 e. The summed E-state index contributed by atoms with van der Waals surface area (Å²) in [6.07, 6.45) is 5.20. The number of carbonyl (C=O) groups is 3. The monoisotopic (exact) mass is 595 g/mol. The lowest BCUT2D eigenvalue weighted by atomic mass is 10.2. The molecule has 0 aromatic heterocycles. The van der Waals surface area contributed by atoms with Crippen LogP contribution in [0.3, 0.4) is 0 Å². The predicted molar refractivity (Wildman–Crippen MR) is 150 cm³/mol. The quantitative estimate of drug-likeness (QED) is 0.0841. The minimum absolute atomic E-state index is 0.0100. The number of amides is 1. The zero-order valence-electron chi connectivity index (χ0n) is 24.9. The fourth-order valence-corrected chi connectivity index (χ4v) is 3.12. The Labute approximate surface area is 244 Å². The minimum atomic E-state index is -0.983. The predicted octanol–water partition coefficient (Wildman–Crippen LogP) is 1.99. The number of rotatable bonds is 33. The van der Waals surface area contributed by atoms with E-state index in [-0.39, 0.29) is 31.3 Å². The topological polar surface area (TPSA) is 157 Å². The molecule has 0 spiro atoms. The van der Waals surface area contributed by atoms with Crippen LogP contribution in [-0.2, 0) is 52.3 Å². The number of esters is 1. The number of nitrogens with one attached hydrogen (secondary N) is 1. The molecule has 0 aliphatic rings. The van der Waals surface area contributed by atoms with Crippen LogP contribution in [-0.4, -0.2) is 129 Å². The Balaban J connectivity index is 3.13. The Morgan fingerprint density at radius 2 is 0.951 bits per heavy atom. The van der Waals surface area contributed by atoms with Crippen molar-refractivity contribution in [2.45, 2.75) is 58.3 Å². The van der Waals surface area contributed by atoms with E-state index < -0.39 is 5.97 Å². The second kappa shape index (κ2) is 32.6. The molecule has 0 bridgehead atoms. The Kier molecular flexibility index (Phi) is 31.2. The van der Waals surface area contributed by atoms with E-state index >= 15 is 0 Å². The standard InChI is InChI=1S/C28H53NO12/c1-2-3-4-5-7-28(33)41-25-24-40-23-22-39-21-20-38-19-18-37-17-16-36-15-14-35-13-12-34-11-6-10-29-26(30)8-9-27(31)32/h2-25H2,1H3,(H,29,30)(H,31,32). The van der Waals surface area contributed by atoms with Gasteiger partial charge in [-0.1, -0.05) is 26.2 Å². The lowest BCUT2D eigenvalue weighted by Gasteiger charge is -2.09. The molecule has 0 aromatic rings. The molecule has 13 nitrogen and oxygen atoms in total. The zero-order chi connectivity index (χ0) is 30.1. The maximum atomic E-state index is 11.5. The first kappa shape index (κ1) is 39.1. The first-order valence-corrected chi connectivity index (χ1v) is 14.7. The molecule has 0 saturated carbocycles. The summed E-state index contributed by atoms with van der Waals surface area (Å²) < 4.78 is 43.0. The Bertz CT molecular complexity index is 609. The van der Waals surface area contributed by atoms with E-state index in [9.17, 15) is 14.4 Å². The van der Waals surface area contributed by atoms with Crippen molar-refractivity contribution in [2.75, 3.05) is 106 Å². The van der Waals surface area contributed by atoms with Gasteiger partial charge in [-0.25, -0.2) is 0 Å². The highest BCUT2D eigenvalue weighted by molar-refractivity contribution is 5.80. The van der Waals surface area contributed by atoms with Crippen LogP contribution in [0.4, 0.5) is 0 Å². The summed E-state index contributed by atoms with van der Waals surface area (Å²) >= 11 is 0. The second-order valence-electron chi connectivity index (χ2n) is 8.91. The van der Waals surface area contributed by atoms with Crippen molar-refractivity contribution in [1.29, 1.82) is 0 Å². The van der Waals surface area contributed by atoms with Gasteiger partial charge < -0.3 is 48.3 Å². The number of hydrogen-bond donors (Lipinski definition) is 2. The molecule has 0 heterocycles. The number of ether oxygens (including phenoxy) is 8. The summed E-state index contributed by atoms with van der Waals surface area (Å²) in [5.74, 6) is -1.41. The third-order valence-electron chi connectivity index (χ3n) is 5.31. The van der Waals surface area contributed by atoms with Crippen LogP contribution in [0.15, 0.2) is 0 Å². The molecular weight excluding hydrogens is 542 g/mol. The van der Waals surface area contributed by atoms with Gasteiger partial charge in [-0.3, -0.25) is 14.4 Å². The number of carboxylic acids is 1. The molecule has 0 rings (SSSR count). The van der Waals surface area contributed by atoms with Crippen LogP contribution < -0.4 is 5.32 Å². The summed E-state index contributed by atoms with van der Waals surface area (Å²) in [5, 5.41) is 11.2. The highest BCUT2D eigenvalue weighted by Gasteiger charge is 2.04. The molecule has 41 heavy (non-hydrogen) atoms. The molecule has 0 unspecified atom stereocenters. The largest absolute Gasteiger partial charge is 0.481 e. The molecule has 0 saturated heterocycles. The molecule has 0 radical (unpaired) electrons. The van der Waals surface area contributed by atoms with Gasteiger partial charge in [0, 0.05) is 26.0 Å². The summed E-state index contributed by atoms with van der Waals surface area (Å²) in [5.41, 5.74) is 0. The van der Waals surface area contributed by atoms with E-state index in [1.807, 2.05) is 0 Å². The van der Waals surface area contributed by atoms with Gasteiger partial charge in [0.2, 0.25) is 5.91 Å². The van der Waals surface area contributed by atoms with Crippen LogP contribution in [0.1, 0.15) is 58.3 Å². The maximum absolute atomic E-state index is 11.5. The van der Waals surface area contributed by atoms with Crippen molar-refractivity contribution in [1.82, 2.24) is 5.32 Å². The van der Waals surface area contributed by atoms with Crippen molar-refractivity contribution in [3.05, 3.63) is 0 Å². The molecule has 242 valence electrons. The average molecular weight is 596 g/mol. The normalized spacial score (nSPS) is 11.0. The SMILES string of the molecule is CCCCCCC(=O)OCCOCCOCCOCCOCCOCCOCCOCCCNC(=O)CCC(=O)O. The number of hydrogen-bond acceptors (Lipinski definition) is 11. The van der Waals surface area contributed by atoms with Crippen molar-refractivity contribution in [3.63, 3.8) is 0 Å². The summed E-state index contributed by atoms with van der Waals surface area (Å²) in [6.45, 7) is 9.30. The van der Waals surface area contributed by atoms with E-state index in [0.29, 0.717) is 112 Å². The first-order chi connectivity index (χ1) is 20.1. The summed E-state index contributed by atoms with van der Waals surface area (Å²) in [7, 11) is 0. The van der Waals surface area contributed by atoms with Gasteiger partial charge in [-0.2, -0.15) is 0 Å². The van der Waals surface area contributed by atoms with E-state index in [4.69, 9.17) is 43.0 Å². The molecule has 0 fully saturated rings. The van der Waals surface area contributed by atoms with Gasteiger partial charge in [0.25, 0.3) is 0 Å². The minimum Gasteiger partial charge on any atom is -0.481 e. The molecule has 0 aromatic carbocycles. The maximum Gasteiger partial charge on any atom is 0.305 e. The molecule has 0 aliphatic heterocycles. The average Bonchev–Trinajstić information content (AvgIpc) is 2.96. The zero-order valence-corrected chi connectivity index (χ0v) is 24.9. The van der Waals surface area contributed by atoms with E-state index in [1.165, 1.54) is 0 Å². The highest BCUT2D eigenvalue weighted by Crippen LogP contribution is 2.03. The van der Waals surface area contributed by atoms with Crippen LogP contribution in [0.5, 0.6) is 0 Å². The van der Waals surface area contributed by atoms with Crippen molar-refractivity contribution < 1.29 is 57.4 Å². The van der Waals surface area contributed by atoms with E-state index in [0.717, 1.165) is 25.7 Å². The van der Waals surface area contributed by atoms with Crippen LogP contribution in [0.25, 0.3) is 0 Å².